The minimum atomic E-state index is -0.208. The molecule has 0 bridgehead atoms. The molecule has 1 saturated heterocycles. The van der Waals surface area contributed by atoms with Gasteiger partial charge in [0.25, 0.3) is 0 Å². The number of nitrogens with zero attached hydrogens (tertiary/aromatic N) is 5. The lowest BCUT2D eigenvalue weighted by atomic mass is 9.73. The summed E-state index contributed by atoms with van der Waals surface area (Å²) in [6.07, 6.45) is 8.60. The summed E-state index contributed by atoms with van der Waals surface area (Å²) in [6.45, 7) is 1.76. The highest BCUT2D eigenvalue weighted by atomic mass is 35.5. The number of aliphatic imine (C=N–C) groups is 1. The molecule has 0 unspecified atom stereocenters. The number of halogens is 2. The predicted molar refractivity (Wildman–Crippen MR) is 126 cm³/mol. The molecule has 1 atom stereocenters. The molecule has 3 aliphatic rings. The number of hydrogen-bond donors (Lipinski definition) is 1. The van der Waals surface area contributed by atoms with Crippen LogP contribution in [0.1, 0.15) is 35.7 Å². The zero-order valence-electron chi connectivity index (χ0n) is 17.8. The molecule has 0 amide bonds. The second kappa shape index (κ2) is 8.04. The van der Waals surface area contributed by atoms with Gasteiger partial charge in [-0.1, -0.05) is 29.4 Å². The second-order valence-electron chi connectivity index (χ2n) is 8.94. The van der Waals surface area contributed by atoms with Crippen molar-refractivity contribution in [2.24, 2.45) is 16.1 Å². The van der Waals surface area contributed by atoms with Gasteiger partial charge in [0.15, 0.2) is 5.82 Å². The third-order valence-electron chi connectivity index (χ3n) is 7.08. The first kappa shape index (κ1) is 21.0. The van der Waals surface area contributed by atoms with Gasteiger partial charge < -0.3 is 10.6 Å². The molecule has 1 fully saturated rings. The van der Waals surface area contributed by atoms with E-state index in [1.807, 2.05) is 12.1 Å². The Labute approximate surface area is 200 Å². The molecule has 6 nitrogen and oxygen atoms in total. The van der Waals surface area contributed by atoms with Crippen LogP contribution in [0, 0.1) is 11.2 Å². The highest BCUT2D eigenvalue weighted by Gasteiger charge is 2.46. The van der Waals surface area contributed by atoms with Crippen LogP contribution in [0.15, 0.2) is 57.8 Å². The van der Waals surface area contributed by atoms with Crippen LogP contribution in [0.5, 0.6) is 0 Å². The number of hydrogen-bond acceptors (Lipinski definition) is 7. The van der Waals surface area contributed by atoms with Crippen LogP contribution in [0.2, 0.25) is 5.02 Å². The van der Waals surface area contributed by atoms with E-state index in [1.54, 1.807) is 30.7 Å². The van der Waals surface area contributed by atoms with Crippen LogP contribution < -0.4 is 5.73 Å². The quantitative estimate of drug-likeness (QED) is 0.570. The SMILES string of the molecule is N[C@@H]1c2cc(F)ccc2CC12CCN(C1=Nc3ncc(Sc4ccncc4Cl)nc3C1)CC2. The molecular formula is C24H22ClFN6S. The summed E-state index contributed by atoms with van der Waals surface area (Å²) in [6, 6.07) is 6.81. The number of piperidine rings is 1. The molecule has 6 rings (SSSR count). The van der Waals surface area contributed by atoms with Gasteiger partial charge in [0, 0.05) is 36.4 Å². The standard InChI is InChI=1S/C24H22ClFN6S/c25-17-12-28-6-3-19(17)33-21-13-29-23-18(30-21)10-20(31-23)32-7-4-24(5-8-32)11-14-1-2-15(26)9-16(14)22(24)27/h1-3,6,9,12-13,22H,4-5,7-8,10-11,27H2/t22-/m1/s1. The molecule has 2 N–H and O–H groups in total. The summed E-state index contributed by atoms with van der Waals surface area (Å²) in [5.74, 6) is 1.50. The monoisotopic (exact) mass is 480 g/mol. The summed E-state index contributed by atoms with van der Waals surface area (Å²) in [5, 5.41) is 1.39. The van der Waals surface area contributed by atoms with Crippen molar-refractivity contribution in [3.05, 3.63) is 70.5 Å². The molecule has 168 valence electrons. The van der Waals surface area contributed by atoms with Crippen LogP contribution in [0.4, 0.5) is 10.2 Å². The summed E-state index contributed by atoms with van der Waals surface area (Å²) < 4.78 is 13.8. The van der Waals surface area contributed by atoms with Gasteiger partial charge in [0.1, 0.15) is 16.7 Å². The first-order valence-electron chi connectivity index (χ1n) is 11.0. The summed E-state index contributed by atoms with van der Waals surface area (Å²) in [4.78, 5) is 21.3. The van der Waals surface area contributed by atoms with Gasteiger partial charge in [0.2, 0.25) is 0 Å². The number of fused-ring (bicyclic) bond motifs is 2. The minimum Gasteiger partial charge on any atom is -0.360 e. The molecule has 33 heavy (non-hydrogen) atoms. The Hall–Kier alpha value is -2.55. The van der Waals surface area contributed by atoms with Crippen molar-refractivity contribution in [1.29, 1.82) is 0 Å². The van der Waals surface area contributed by atoms with Crippen LogP contribution in [0.25, 0.3) is 0 Å². The van der Waals surface area contributed by atoms with Gasteiger partial charge in [-0.2, -0.15) is 0 Å². The number of likely N-dealkylation sites (tertiary alicyclic amines) is 1. The van der Waals surface area contributed by atoms with Crippen LogP contribution >= 0.6 is 23.4 Å². The topological polar surface area (TPSA) is 80.3 Å². The van der Waals surface area contributed by atoms with Crippen molar-refractivity contribution in [3.63, 3.8) is 0 Å². The molecule has 9 heteroatoms. The summed E-state index contributed by atoms with van der Waals surface area (Å²) in [7, 11) is 0. The third kappa shape index (κ3) is 3.70. The molecule has 1 spiro atoms. The van der Waals surface area contributed by atoms with E-state index in [1.165, 1.54) is 17.3 Å². The van der Waals surface area contributed by atoms with Gasteiger partial charge in [0.05, 0.1) is 23.3 Å². The Morgan fingerprint density at radius 2 is 2.03 bits per heavy atom. The van der Waals surface area contributed by atoms with Crippen molar-refractivity contribution >= 4 is 35.0 Å². The van der Waals surface area contributed by atoms with Crippen molar-refractivity contribution < 1.29 is 4.39 Å². The van der Waals surface area contributed by atoms with Crippen molar-refractivity contribution in [3.8, 4) is 0 Å². The largest absolute Gasteiger partial charge is 0.360 e. The summed E-state index contributed by atoms with van der Waals surface area (Å²) in [5.41, 5.74) is 9.69. The first-order valence-corrected chi connectivity index (χ1v) is 12.2. The highest BCUT2D eigenvalue weighted by Crippen LogP contribution is 2.51. The molecule has 0 radical (unpaired) electrons. The molecule has 4 heterocycles. The number of nitrogens with two attached hydrogens (primary N) is 1. The Morgan fingerprint density at radius 1 is 1.18 bits per heavy atom. The van der Waals surface area contributed by atoms with E-state index in [4.69, 9.17) is 27.3 Å². The Bertz CT molecular complexity index is 1270. The fraction of sp³-hybridized carbons (Fsp3) is 0.333. The lowest BCUT2D eigenvalue weighted by Crippen LogP contribution is -2.46. The zero-order chi connectivity index (χ0) is 22.6. The lowest BCUT2D eigenvalue weighted by Gasteiger charge is -2.43. The zero-order valence-corrected chi connectivity index (χ0v) is 19.4. The predicted octanol–water partition coefficient (Wildman–Crippen LogP) is 4.74. The van der Waals surface area contributed by atoms with Gasteiger partial charge in [-0.3, -0.25) is 4.98 Å². The summed E-state index contributed by atoms with van der Waals surface area (Å²) >= 11 is 7.70. The molecular weight excluding hydrogens is 459 g/mol. The van der Waals surface area contributed by atoms with Crippen LogP contribution in [0.3, 0.4) is 0 Å². The fourth-order valence-corrected chi connectivity index (χ4v) is 6.25. The first-order chi connectivity index (χ1) is 16.0. The highest BCUT2D eigenvalue weighted by molar-refractivity contribution is 7.99. The third-order valence-corrected chi connectivity index (χ3v) is 8.48. The maximum absolute atomic E-state index is 13.8. The van der Waals surface area contributed by atoms with Crippen molar-refractivity contribution in [2.75, 3.05) is 13.1 Å². The van der Waals surface area contributed by atoms with Gasteiger partial charge in [-0.05, 0) is 54.0 Å². The van der Waals surface area contributed by atoms with E-state index in [0.717, 1.165) is 59.4 Å². The number of rotatable bonds is 2. The minimum absolute atomic E-state index is 0.00274. The average Bonchev–Trinajstić information content (AvgIpc) is 3.35. The second-order valence-corrected chi connectivity index (χ2v) is 10.4. The van der Waals surface area contributed by atoms with E-state index >= 15 is 0 Å². The lowest BCUT2D eigenvalue weighted by molar-refractivity contribution is 0.127. The number of benzene rings is 1. The number of amidine groups is 1. The molecule has 1 aliphatic carbocycles. The van der Waals surface area contributed by atoms with Crippen molar-refractivity contribution in [2.45, 2.75) is 41.6 Å². The maximum atomic E-state index is 13.8. The van der Waals surface area contributed by atoms with Gasteiger partial charge >= 0.3 is 0 Å². The maximum Gasteiger partial charge on any atom is 0.176 e. The Kier molecular flexibility index (Phi) is 5.12. The van der Waals surface area contributed by atoms with E-state index in [9.17, 15) is 4.39 Å². The fourth-order valence-electron chi connectivity index (χ4n) is 5.25. The molecule has 0 saturated carbocycles. The van der Waals surface area contributed by atoms with Gasteiger partial charge in [-0.25, -0.2) is 19.4 Å². The van der Waals surface area contributed by atoms with Crippen LogP contribution in [-0.2, 0) is 12.8 Å². The van der Waals surface area contributed by atoms with E-state index in [-0.39, 0.29) is 17.3 Å². The molecule has 2 aliphatic heterocycles. The van der Waals surface area contributed by atoms with Crippen molar-refractivity contribution in [1.82, 2.24) is 19.9 Å². The van der Waals surface area contributed by atoms with E-state index in [0.29, 0.717) is 17.3 Å². The average molecular weight is 481 g/mol. The smallest absolute Gasteiger partial charge is 0.176 e. The molecule has 2 aromatic heterocycles. The number of aromatic nitrogens is 3. The normalized spacial score (nSPS) is 20.6. The molecule has 1 aromatic carbocycles. The van der Waals surface area contributed by atoms with E-state index in [2.05, 4.69) is 14.9 Å². The van der Waals surface area contributed by atoms with E-state index < -0.39 is 0 Å². The molecule has 3 aromatic rings. The Balaban J connectivity index is 1.13. The van der Waals surface area contributed by atoms with Crippen LogP contribution in [-0.4, -0.2) is 38.8 Å². The Morgan fingerprint density at radius 3 is 2.85 bits per heavy atom. The van der Waals surface area contributed by atoms with Gasteiger partial charge in [-0.15, -0.1) is 0 Å². The number of pyridine rings is 1.